The highest BCUT2D eigenvalue weighted by Crippen LogP contribution is 2.28. The maximum Gasteiger partial charge on any atom is 0.338 e. The molecule has 0 saturated carbocycles. The van der Waals surface area contributed by atoms with E-state index in [4.69, 9.17) is 20.9 Å². The predicted octanol–water partition coefficient (Wildman–Crippen LogP) is 2.37. The fourth-order valence-corrected chi connectivity index (χ4v) is 3.76. The monoisotopic (exact) mass is 428 g/mol. The summed E-state index contributed by atoms with van der Waals surface area (Å²) in [4.78, 5) is 14.2. The molecule has 168 valence electrons. The molecular weight excluding hydrogens is 396 g/mol. The Morgan fingerprint density at radius 3 is 2.58 bits per heavy atom. The van der Waals surface area contributed by atoms with Gasteiger partial charge in [0.1, 0.15) is 5.75 Å². The van der Waals surface area contributed by atoms with Gasteiger partial charge in [0.05, 0.1) is 23.5 Å². The Kier molecular flexibility index (Phi) is 7.97. The Balaban J connectivity index is 1.69. The number of aliphatic hydroxyl groups is 1. The van der Waals surface area contributed by atoms with E-state index >= 15 is 0 Å². The Labute approximate surface area is 183 Å². The molecule has 0 amide bonds. The molecule has 2 aromatic rings. The largest absolute Gasteiger partial charge is 0.463 e. The van der Waals surface area contributed by atoms with Crippen molar-refractivity contribution in [2.45, 2.75) is 38.5 Å². The predicted molar refractivity (Wildman–Crippen MR) is 122 cm³/mol. The second-order valence-corrected chi connectivity index (χ2v) is 7.56. The lowest BCUT2D eigenvalue weighted by Gasteiger charge is -2.37. The number of piperidine rings is 1. The molecule has 1 aliphatic rings. The summed E-state index contributed by atoms with van der Waals surface area (Å²) in [6.07, 6.45) is 1.36. The number of hydrogen-bond donors (Lipinski definition) is 4. The lowest BCUT2D eigenvalue weighted by Crippen LogP contribution is -2.44. The molecule has 1 unspecified atom stereocenters. The van der Waals surface area contributed by atoms with Gasteiger partial charge in [-0.3, -0.25) is 0 Å². The Hall–Kier alpha value is -2.97. The van der Waals surface area contributed by atoms with Crippen molar-refractivity contribution in [2.75, 3.05) is 42.6 Å². The summed E-state index contributed by atoms with van der Waals surface area (Å²) in [6, 6.07) is 12.9. The van der Waals surface area contributed by atoms with Gasteiger partial charge < -0.3 is 36.3 Å². The number of nitrogens with two attached hydrogens (primary N) is 2. The molecule has 1 fully saturated rings. The first-order valence-electron chi connectivity index (χ1n) is 10.7. The minimum absolute atomic E-state index is 0.325. The summed E-state index contributed by atoms with van der Waals surface area (Å²) in [5, 5.41) is 13.8. The van der Waals surface area contributed by atoms with Gasteiger partial charge in [0.2, 0.25) is 0 Å². The fourth-order valence-electron chi connectivity index (χ4n) is 3.76. The number of anilines is 3. The number of nitrogens with one attached hydrogen (secondary N) is 1. The second kappa shape index (κ2) is 10.9. The lowest BCUT2D eigenvalue weighted by atomic mass is 10.0. The molecule has 0 bridgehead atoms. The number of carbonyl (C=O) groups is 1. The van der Waals surface area contributed by atoms with Crippen LogP contribution in [0, 0.1) is 0 Å². The number of ether oxygens (including phenoxy) is 2. The molecule has 31 heavy (non-hydrogen) atoms. The Morgan fingerprint density at radius 1 is 1.19 bits per heavy atom. The third-order valence-electron chi connectivity index (χ3n) is 5.44. The van der Waals surface area contributed by atoms with Crippen LogP contribution in [0.1, 0.15) is 36.5 Å². The molecule has 8 nitrogen and oxygen atoms in total. The van der Waals surface area contributed by atoms with Gasteiger partial charge in [-0.15, -0.1) is 0 Å². The van der Waals surface area contributed by atoms with E-state index in [0.717, 1.165) is 31.6 Å². The van der Waals surface area contributed by atoms with Crippen molar-refractivity contribution in [3.63, 3.8) is 0 Å². The molecule has 6 N–H and O–H groups in total. The van der Waals surface area contributed by atoms with E-state index in [0.29, 0.717) is 48.3 Å². The van der Waals surface area contributed by atoms with Gasteiger partial charge in [-0.05, 0) is 69.3 Å². The van der Waals surface area contributed by atoms with Crippen LogP contribution in [0.5, 0.6) is 5.75 Å². The zero-order valence-corrected chi connectivity index (χ0v) is 17.9. The number of nitrogen functional groups attached to an aromatic ring is 2. The number of para-hydroxylation sites is 1. The molecule has 1 aliphatic heterocycles. The molecule has 1 atom stereocenters. The van der Waals surface area contributed by atoms with Crippen molar-refractivity contribution in [1.29, 1.82) is 0 Å². The summed E-state index contributed by atoms with van der Waals surface area (Å²) in [7, 11) is 0. The van der Waals surface area contributed by atoms with E-state index in [1.165, 1.54) is 0 Å². The molecule has 0 radical (unpaired) electrons. The molecule has 0 spiro atoms. The highest BCUT2D eigenvalue weighted by atomic mass is 16.6. The molecule has 1 saturated heterocycles. The second-order valence-electron chi connectivity index (χ2n) is 7.56. The van der Waals surface area contributed by atoms with Crippen LogP contribution in [-0.2, 0) is 4.74 Å². The standard InChI is InChI=1S/C23H32N4O4/c1-2-30-23(29)16-6-8-17(9-7-16)27(18-10-13-26-14-11-18)15-12-21(28)31-20-5-3-4-19(24)22(20)25/h3-9,18,21,26,28H,2,10-15,24-25H2,1H3. The van der Waals surface area contributed by atoms with Crippen molar-refractivity contribution in [1.82, 2.24) is 5.32 Å². The molecule has 0 aliphatic carbocycles. The van der Waals surface area contributed by atoms with Gasteiger partial charge in [-0.2, -0.15) is 0 Å². The van der Waals surface area contributed by atoms with E-state index in [1.807, 2.05) is 12.1 Å². The summed E-state index contributed by atoms with van der Waals surface area (Å²) < 4.78 is 10.7. The minimum Gasteiger partial charge on any atom is -0.463 e. The van der Waals surface area contributed by atoms with Crippen molar-refractivity contribution >= 4 is 23.0 Å². The molecule has 8 heteroatoms. The van der Waals surface area contributed by atoms with Crippen LogP contribution in [0.25, 0.3) is 0 Å². The smallest absolute Gasteiger partial charge is 0.338 e. The highest BCUT2D eigenvalue weighted by molar-refractivity contribution is 5.89. The molecule has 2 aromatic carbocycles. The molecule has 0 aromatic heterocycles. The van der Waals surface area contributed by atoms with Crippen LogP contribution < -0.4 is 26.4 Å². The highest BCUT2D eigenvalue weighted by Gasteiger charge is 2.23. The minimum atomic E-state index is -1.02. The number of hydrogen-bond acceptors (Lipinski definition) is 8. The van der Waals surface area contributed by atoms with Gasteiger partial charge in [-0.1, -0.05) is 6.07 Å². The Bertz CT molecular complexity index is 853. The third kappa shape index (κ3) is 6.02. The van der Waals surface area contributed by atoms with Gasteiger partial charge in [0, 0.05) is 24.7 Å². The number of benzene rings is 2. The van der Waals surface area contributed by atoms with Crippen LogP contribution in [-0.4, -0.2) is 49.6 Å². The van der Waals surface area contributed by atoms with E-state index in [-0.39, 0.29) is 5.97 Å². The van der Waals surface area contributed by atoms with Crippen LogP contribution in [0.15, 0.2) is 42.5 Å². The molecular formula is C23H32N4O4. The fraction of sp³-hybridized carbons (Fsp3) is 0.435. The van der Waals surface area contributed by atoms with E-state index in [1.54, 1.807) is 37.3 Å². The van der Waals surface area contributed by atoms with Gasteiger partial charge in [0.25, 0.3) is 0 Å². The Morgan fingerprint density at radius 2 is 1.90 bits per heavy atom. The quantitative estimate of drug-likeness (QED) is 0.273. The van der Waals surface area contributed by atoms with Crippen LogP contribution in [0.3, 0.4) is 0 Å². The number of aliphatic hydroxyl groups excluding tert-OH is 1. The summed E-state index contributed by atoms with van der Waals surface area (Å²) in [6.45, 7) is 4.61. The molecule has 1 heterocycles. The first-order valence-corrected chi connectivity index (χ1v) is 10.7. The summed E-state index contributed by atoms with van der Waals surface area (Å²) in [5.41, 5.74) is 14.0. The maximum atomic E-state index is 12.0. The van der Waals surface area contributed by atoms with Crippen LogP contribution >= 0.6 is 0 Å². The van der Waals surface area contributed by atoms with E-state index in [9.17, 15) is 9.90 Å². The van der Waals surface area contributed by atoms with Crippen molar-refractivity contribution in [3.8, 4) is 5.75 Å². The van der Waals surface area contributed by atoms with Crippen molar-refractivity contribution in [3.05, 3.63) is 48.0 Å². The van der Waals surface area contributed by atoms with E-state index < -0.39 is 6.29 Å². The van der Waals surface area contributed by atoms with E-state index in [2.05, 4.69) is 10.2 Å². The maximum absolute atomic E-state index is 12.0. The average Bonchev–Trinajstić information content (AvgIpc) is 2.78. The number of esters is 1. The first kappa shape index (κ1) is 22.7. The summed E-state index contributed by atoms with van der Waals surface area (Å²) in [5.74, 6) is 0.0470. The van der Waals surface area contributed by atoms with Gasteiger partial charge in [-0.25, -0.2) is 4.79 Å². The lowest BCUT2D eigenvalue weighted by molar-refractivity contribution is -0.0209. The van der Waals surface area contributed by atoms with Crippen LogP contribution in [0.2, 0.25) is 0 Å². The summed E-state index contributed by atoms with van der Waals surface area (Å²) >= 11 is 0. The van der Waals surface area contributed by atoms with Crippen molar-refractivity contribution < 1.29 is 19.4 Å². The zero-order chi connectivity index (χ0) is 22.2. The first-order chi connectivity index (χ1) is 15.0. The average molecular weight is 429 g/mol. The SMILES string of the molecule is CCOC(=O)c1ccc(N(CCC(O)Oc2cccc(N)c2N)C2CCNCC2)cc1. The zero-order valence-electron chi connectivity index (χ0n) is 17.9. The van der Waals surface area contributed by atoms with Crippen LogP contribution in [0.4, 0.5) is 17.1 Å². The third-order valence-corrected chi connectivity index (χ3v) is 5.44. The number of carbonyl (C=O) groups excluding carboxylic acids is 1. The topological polar surface area (TPSA) is 123 Å². The van der Waals surface area contributed by atoms with Gasteiger partial charge in [0.15, 0.2) is 6.29 Å². The molecule has 3 rings (SSSR count). The number of rotatable bonds is 9. The van der Waals surface area contributed by atoms with Gasteiger partial charge >= 0.3 is 5.97 Å². The number of nitrogens with zero attached hydrogens (tertiary/aromatic N) is 1. The normalized spacial score (nSPS) is 15.3. The van der Waals surface area contributed by atoms with Crippen molar-refractivity contribution in [2.24, 2.45) is 0 Å².